The second kappa shape index (κ2) is 5.55. The third-order valence-corrected chi connectivity index (χ3v) is 2.35. The Hall–Kier alpha value is -0.0800. The molecule has 0 radical (unpaired) electrons. The highest BCUT2D eigenvalue weighted by Crippen LogP contribution is 2.17. The number of hydrogen-bond acceptors (Lipinski definition) is 2. The summed E-state index contributed by atoms with van der Waals surface area (Å²) < 4.78 is 0. The van der Waals surface area contributed by atoms with Gasteiger partial charge < -0.3 is 10.6 Å². The van der Waals surface area contributed by atoms with Crippen molar-refractivity contribution in [1.82, 2.24) is 10.6 Å². The van der Waals surface area contributed by atoms with Gasteiger partial charge in [-0.1, -0.05) is 13.3 Å². The molecule has 12 heavy (non-hydrogen) atoms. The van der Waals surface area contributed by atoms with E-state index in [9.17, 15) is 0 Å². The lowest BCUT2D eigenvalue weighted by Gasteiger charge is -2.12. The zero-order chi connectivity index (χ0) is 8.81. The molecule has 0 aromatic carbocycles. The Labute approximate surface area is 76.1 Å². The highest BCUT2D eigenvalue weighted by Gasteiger charge is 2.19. The Bertz CT molecular complexity index is 110. The monoisotopic (exact) mass is 170 g/mol. The van der Waals surface area contributed by atoms with E-state index in [4.69, 9.17) is 0 Å². The summed E-state index contributed by atoms with van der Waals surface area (Å²) in [5.41, 5.74) is 0. The highest BCUT2D eigenvalue weighted by molar-refractivity contribution is 4.80. The van der Waals surface area contributed by atoms with Gasteiger partial charge in [0.25, 0.3) is 0 Å². The minimum atomic E-state index is 0.691. The molecule has 0 heterocycles. The molecule has 2 heteroatoms. The van der Waals surface area contributed by atoms with Crippen LogP contribution in [0.15, 0.2) is 0 Å². The molecule has 0 aromatic heterocycles. The van der Waals surface area contributed by atoms with Gasteiger partial charge in [0.05, 0.1) is 0 Å². The van der Waals surface area contributed by atoms with Crippen LogP contribution < -0.4 is 10.6 Å². The van der Waals surface area contributed by atoms with Crippen molar-refractivity contribution in [2.24, 2.45) is 0 Å². The van der Waals surface area contributed by atoms with Gasteiger partial charge in [0.2, 0.25) is 0 Å². The molecule has 2 nitrogen and oxygen atoms in total. The van der Waals surface area contributed by atoms with Gasteiger partial charge in [0, 0.05) is 25.2 Å². The first-order chi connectivity index (χ1) is 5.83. The lowest BCUT2D eigenvalue weighted by Crippen LogP contribution is -2.33. The molecule has 1 atom stereocenters. The molecule has 1 aliphatic carbocycles. The molecule has 1 saturated carbocycles. The molecule has 0 aliphatic heterocycles. The van der Waals surface area contributed by atoms with Crippen molar-refractivity contribution in [3.63, 3.8) is 0 Å². The molecule has 1 aliphatic rings. The standard InChI is InChI=1S/C10H22N2/c1-3-4-9(2)11-7-8-12-10-5-6-10/h9-12H,3-8H2,1-2H3. The van der Waals surface area contributed by atoms with E-state index in [2.05, 4.69) is 24.5 Å². The van der Waals surface area contributed by atoms with Crippen molar-refractivity contribution in [2.75, 3.05) is 13.1 Å². The zero-order valence-corrected chi connectivity index (χ0v) is 8.40. The molecule has 0 spiro atoms. The maximum atomic E-state index is 3.50. The molecule has 0 amide bonds. The topological polar surface area (TPSA) is 24.1 Å². The van der Waals surface area contributed by atoms with Crippen LogP contribution in [0.25, 0.3) is 0 Å². The van der Waals surface area contributed by atoms with E-state index >= 15 is 0 Å². The Balaban J connectivity index is 1.80. The van der Waals surface area contributed by atoms with E-state index < -0.39 is 0 Å². The molecular formula is C10H22N2. The fraction of sp³-hybridized carbons (Fsp3) is 1.00. The summed E-state index contributed by atoms with van der Waals surface area (Å²) in [5, 5.41) is 7.00. The van der Waals surface area contributed by atoms with Crippen LogP contribution in [-0.2, 0) is 0 Å². The summed E-state index contributed by atoms with van der Waals surface area (Å²) in [6.45, 7) is 6.76. The van der Waals surface area contributed by atoms with Crippen LogP contribution in [0.5, 0.6) is 0 Å². The van der Waals surface area contributed by atoms with Gasteiger partial charge in [-0.05, 0) is 26.2 Å². The summed E-state index contributed by atoms with van der Waals surface area (Å²) in [5.74, 6) is 0. The summed E-state index contributed by atoms with van der Waals surface area (Å²) in [6.07, 6.45) is 5.36. The quantitative estimate of drug-likeness (QED) is 0.566. The summed E-state index contributed by atoms with van der Waals surface area (Å²) in [6, 6.07) is 1.55. The van der Waals surface area contributed by atoms with Gasteiger partial charge in [-0.3, -0.25) is 0 Å². The van der Waals surface area contributed by atoms with Crippen molar-refractivity contribution in [3.8, 4) is 0 Å². The van der Waals surface area contributed by atoms with Crippen LogP contribution in [0, 0.1) is 0 Å². The smallest absolute Gasteiger partial charge is 0.00794 e. The first kappa shape index (κ1) is 10.0. The minimum Gasteiger partial charge on any atom is -0.313 e. The van der Waals surface area contributed by atoms with Gasteiger partial charge >= 0.3 is 0 Å². The third kappa shape index (κ3) is 4.73. The van der Waals surface area contributed by atoms with Crippen molar-refractivity contribution >= 4 is 0 Å². The first-order valence-electron chi connectivity index (χ1n) is 5.29. The van der Waals surface area contributed by atoms with E-state index in [0.717, 1.165) is 19.1 Å². The van der Waals surface area contributed by atoms with E-state index in [0.29, 0.717) is 6.04 Å². The molecule has 1 rings (SSSR count). The minimum absolute atomic E-state index is 0.691. The predicted octanol–water partition coefficient (Wildman–Crippen LogP) is 1.52. The van der Waals surface area contributed by atoms with Crippen LogP contribution in [-0.4, -0.2) is 25.2 Å². The maximum Gasteiger partial charge on any atom is 0.00794 e. The van der Waals surface area contributed by atoms with Crippen molar-refractivity contribution in [2.45, 2.75) is 51.6 Å². The van der Waals surface area contributed by atoms with E-state index in [1.807, 2.05) is 0 Å². The zero-order valence-electron chi connectivity index (χ0n) is 8.40. The van der Waals surface area contributed by atoms with Gasteiger partial charge in [0.1, 0.15) is 0 Å². The molecule has 72 valence electrons. The van der Waals surface area contributed by atoms with Gasteiger partial charge in [-0.15, -0.1) is 0 Å². The second-order valence-electron chi connectivity index (χ2n) is 3.87. The van der Waals surface area contributed by atoms with Gasteiger partial charge in [-0.2, -0.15) is 0 Å². The predicted molar refractivity (Wildman–Crippen MR) is 53.4 cm³/mol. The molecule has 1 unspecified atom stereocenters. The molecular weight excluding hydrogens is 148 g/mol. The average molecular weight is 170 g/mol. The summed E-state index contributed by atoms with van der Waals surface area (Å²) in [7, 11) is 0. The number of rotatable bonds is 7. The molecule has 1 fully saturated rings. The molecule has 0 aromatic rings. The van der Waals surface area contributed by atoms with Crippen molar-refractivity contribution < 1.29 is 0 Å². The van der Waals surface area contributed by atoms with E-state index in [-0.39, 0.29) is 0 Å². The van der Waals surface area contributed by atoms with Crippen molar-refractivity contribution in [3.05, 3.63) is 0 Å². The maximum absolute atomic E-state index is 3.50. The van der Waals surface area contributed by atoms with Crippen LogP contribution in [0.4, 0.5) is 0 Å². The van der Waals surface area contributed by atoms with Gasteiger partial charge in [0.15, 0.2) is 0 Å². The highest BCUT2D eigenvalue weighted by atomic mass is 15.0. The van der Waals surface area contributed by atoms with Crippen molar-refractivity contribution in [1.29, 1.82) is 0 Å². The number of nitrogens with one attached hydrogen (secondary N) is 2. The SMILES string of the molecule is CCCC(C)NCCNC1CC1. The van der Waals surface area contributed by atoms with Crippen LogP contribution in [0.1, 0.15) is 39.5 Å². The fourth-order valence-corrected chi connectivity index (χ4v) is 1.42. The van der Waals surface area contributed by atoms with Gasteiger partial charge in [-0.25, -0.2) is 0 Å². The van der Waals surface area contributed by atoms with Crippen LogP contribution in [0.3, 0.4) is 0 Å². The Morgan fingerprint density at radius 2 is 2.08 bits per heavy atom. The second-order valence-corrected chi connectivity index (χ2v) is 3.87. The van der Waals surface area contributed by atoms with E-state index in [1.165, 1.54) is 25.7 Å². The lowest BCUT2D eigenvalue weighted by atomic mass is 10.2. The summed E-state index contributed by atoms with van der Waals surface area (Å²) >= 11 is 0. The molecule has 0 saturated heterocycles. The van der Waals surface area contributed by atoms with Crippen LogP contribution in [0.2, 0.25) is 0 Å². The Kier molecular flexibility index (Phi) is 4.62. The summed E-state index contributed by atoms with van der Waals surface area (Å²) in [4.78, 5) is 0. The largest absolute Gasteiger partial charge is 0.313 e. The number of hydrogen-bond donors (Lipinski definition) is 2. The lowest BCUT2D eigenvalue weighted by molar-refractivity contribution is 0.496. The molecule has 0 bridgehead atoms. The Morgan fingerprint density at radius 1 is 1.33 bits per heavy atom. The van der Waals surface area contributed by atoms with E-state index in [1.54, 1.807) is 0 Å². The Morgan fingerprint density at radius 3 is 2.67 bits per heavy atom. The normalized spacial score (nSPS) is 19.5. The third-order valence-electron chi connectivity index (χ3n) is 2.35. The molecule has 2 N–H and O–H groups in total. The fourth-order valence-electron chi connectivity index (χ4n) is 1.42. The first-order valence-corrected chi connectivity index (χ1v) is 5.29. The average Bonchev–Trinajstić information content (AvgIpc) is 2.82. The van der Waals surface area contributed by atoms with Crippen LogP contribution >= 0.6 is 0 Å².